The van der Waals surface area contributed by atoms with Gasteiger partial charge in [0.25, 0.3) is 0 Å². The number of anilines is 1. The number of carbonyl (C=O) groups is 2. The van der Waals surface area contributed by atoms with Crippen molar-refractivity contribution in [1.82, 2.24) is 0 Å². The van der Waals surface area contributed by atoms with Crippen LogP contribution >= 0.6 is 0 Å². The summed E-state index contributed by atoms with van der Waals surface area (Å²) in [5, 5.41) is 12.0. The average Bonchev–Trinajstić information content (AvgIpc) is 2.35. The molecule has 0 amide bonds. The third kappa shape index (κ3) is 3.44. The van der Waals surface area contributed by atoms with Crippen LogP contribution in [0.5, 0.6) is 0 Å². The van der Waals surface area contributed by atoms with Gasteiger partial charge in [-0.05, 0) is 37.5 Å². The van der Waals surface area contributed by atoms with E-state index >= 15 is 0 Å². The van der Waals surface area contributed by atoms with Crippen LogP contribution in [-0.2, 0) is 16.0 Å². The van der Waals surface area contributed by atoms with Gasteiger partial charge in [0.05, 0.1) is 6.42 Å². The largest absolute Gasteiger partial charge is 0.481 e. The van der Waals surface area contributed by atoms with Crippen molar-refractivity contribution in [1.29, 1.82) is 0 Å². The van der Waals surface area contributed by atoms with Crippen LogP contribution in [0.25, 0.3) is 0 Å². The number of rotatable bonds is 4. The SMILES string of the molecule is CC1=C(Nc2cccc(CC(=O)O)c2)CCCC1=O. The topological polar surface area (TPSA) is 66.4 Å². The molecule has 0 atom stereocenters. The highest BCUT2D eigenvalue weighted by Crippen LogP contribution is 2.24. The Labute approximate surface area is 112 Å². The van der Waals surface area contributed by atoms with E-state index in [-0.39, 0.29) is 12.2 Å². The zero-order chi connectivity index (χ0) is 13.8. The van der Waals surface area contributed by atoms with Gasteiger partial charge >= 0.3 is 5.97 Å². The van der Waals surface area contributed by atoms with Gasteiger partial charge in [0.2, 0.25) is 0 Å². The zero-order valence-corrected chi connectivity index (χ0v) is 10.9. The molecule has 0 aromatic heterocycles. The molecule has 0 saturated carbocycles. The van der Waals surface area contributed by atoms with E-state index in [1.807, 2.05) is 25.1 Å². The fourth-order valence-electron chi connectivity index (χ4n) is 2.23. The Morgan fingerprint density at radius 2 is 2.16 bits per heavy atom. The molecule has 4 heteroatoms. The minimum atomic E-state index is -0.847. The van der Waals surface area contributed by atoms with Crippen molar-refractivity contribution in [2.24, 2.45) is 0 Å². The molecule has 1 aromatic carbocycles. The van der Waals surface area contributed by atoms with Gasteiger partial charge in [-0.15, -0.1) is 0 Å². The number of hydrogen-bond acceptors (Lipinski definition) is 3. The zero-order valence-electron chi connectivity index (χ0n) is 10.9. The van der Waals surface area contributed by atoms with Gasteiger partial charge in [-0.25, -0.2) is 0 Å². The summed E-state index contributed by atoms with van der Waals surface area (Å²) < 4.78 is 0. The number of hydrogen-bond donors (Lipinski definition) is 2. The Bertz CT molecular complexity index is 546. The second kappa shape index (κ2) is 5.69. The summed E-state index contributed by atoms with van der Waals surface area (Å²) >= 11 is 0. The van der Waals surface area contributed by atoms with E-state index in [2.05, 4.69) is 5.32 Å². The van der Waals surface area contributed by atoms with Crippen molar-refractivity contribution in [2.45, 2.75) is 32.6 Å². The predicted octanol–water partition coefficient (Wildman–Crippen LogP) is 2.75. The maximum Gasteiger partial charge on any atom is 0.307 e. The Morgan fingerprint density at radius 1 is 1.37 bits per heavy atom. The number of carboxylic acid groups (broad SMARTS) is 1. The first-order valence-corrected chi connectivity index (χ1v) is 6.37. The second-order valence-corrected chi connectivity index (χ2v) is 4.78. The maximum absolute atomic E-state index is 11.6. The molecule has 0 aliphatic heterocycles. The molecule has 0 heterocycles. The van der Waals surface area contributed by atoms with Gasteiger partial charge in [0, 0.05) is 23.4 Å². The van der Waals surface area contributed by atoms with Crippen LogP contribution in [0.1, 0.15) is 31.7 Å². The van der Waals surface area contributed by atoms with Crippen molar-refractivity contribution in [3.05, 3.63) is 41.1 Å². The first-order valence-electron chi connectivity index (χ1n) is 6.37. The molecule has 100 valence electrons. The summed E-state index contributed by atoms with van der Waals surface area (Å²) in [7, 11) is 0. The van der Waals surface area contributed by atoms with Crippen molar-refractivity contribution in [3.8, 4) is 0 Å². The number of carbonyl (C=O) groups excluding carboxylic acids is 1. The minimum Gasteiger partial charge on any atom is -0.481 e. The van der Waals surface area contributed by atoms with Gasteiger partial charge in [0.15, 0.2) is 5.78 Å². The van der Waals surface area contributed by atoms with Crippen molar-refractivity contribution in [3.63, 3.8) is 0 Å². The minimum absolute atomic E-state index is 0.00643. The Morgan fingerprint density at radius 3 is 2.89 bits per heavy atom. The lowest BCUT2D eigenvalue weighted by Gasteiger charge is -2.18. The number of Topliss-reactive ketones (excluding diaryl/α,β-unsaturated/α-hetero) is 1. The number of nitrogens with one attached hydrogen (secondary N) is 1. The number of carboxylic acids is 1. The summed E-state index contributed by atoms with van der Waals surface area (Å²) in [6.45, 7) is 1.84. The normalized spacial score (nSPS) is 15.5. The number of allylic oxidation sites excluding steroid dienone is 2. The van der Waals surface area contributed by atoms with Crippen molar-refractivity contribution < 1.29 is 14.7 Å². The summed E-state index contributed by atoms with van der Waals surface area (Å²) in [6, 6.07) is 7.30. The molecule has 0 unspecified atom stereocenters. The van der Waals surface area contributed by atoms with Gasteiger partial charge in [-0.2, -0.15) is 0 Å². The lowest BCUT2D eigenvalue weighted by Crippen LogP contribution is -2.14. The second-order valence-electron chi connectivity index (χ2n) is 4.78. The van der Waals surface area contributed by atoms with Crippen LogP contribution in [0.3, 0.4) is 0 Å². The van der Waals surface area contributed by atoms with E-state index in [0.29, 0.717) is 6.42 Å². The van der Waals surface area contributed by atoms with Crippen LogP contribution < -0.4 is 5.32 Å². The first kappa shape index (κ1) is 13.3. The fourth-order valence-corrected chi connectivity index (χ4v) is 2.23. The van der Waals surface area contributed by atoms with Crippen LogP contribution in [0.2, 0.25) is 0 Å². The van der Waals surface area contributed by atoms with Gasteiger partial charge in [-0.1, -0.05) is 12.1 Å². The van der Waals surface area contributed by atoms with Crippen LogP contribution in [0, 0.1) is 0 Å². The number of ketones is 1. The van der Waals surface area contributed by atoms with E-state index < -0.39 is 5.97 Å². The molecule has 2 rings (SSSR count). The molecular weight excluding hydrogens is 242 g/mol. The van der Waals surface area contributed by atoms with Crippen molar-refractivity contribution >= 4 is 17.4 Å². The first-order chi connectivity index (χ1) is 9.06. The molecule has 4 nitrogen and oxygen atoms in total. The van der Waals surface area contributed by atoms with E-state index in [4.69, 9.17) is 5.11 Å². The summed E-state index contributed by atoms with van der Waals surface area (Å²) in [4.78, 5) is 22.3. The Kier molecular flexibility index (Phi) is 4.00. The van der Waals surface area contributed by atoms with E-state index in [1.54, 1.807) is 6.07 Å². The predicted molar refractivity (Wildman–Crippen MR) is 73.0 cm³/mol. The van der Waals surface area contributed by atoms with Crippen LogP contribution in [-0.4, -0.2) is 16.9 Å². The van der Waals surface area contributed by atoms with E-state index in [1.165, 1.54) is 0 Å². The summed E-state index contributed by atoms with van der Waals surface area (Å²) in [5.41, 5.74) is 3.32. The lowest BCUT2D eigenvalue weighted by molar-refractivity contribution is -0.136. The molecule has 0 bridgehead atoms. The molecule has 0 fully saturated rings. The highest BCUT2D eigenvalue weighted by atomic mass is 16.4. The maximum atomic E-state index is 11.6. The number of aliphatic carboxylic acids is 1. The van der Waals surface area contributed by atoms with Crippen LogP contribution in [0.15, 0.2) is 35.5 Å². The van der Waals surface area contributed by atoms with Gasteiger partial charge in [0.1, 0.15) is 0 Å². The lowest BCUT2D eigenvalue weighted by atomic mass is 9.96. The molecule has 0 spiro atoms. The molecule has 2 N–H and O–H groups in total. The Balaban J connectivity index is 2.17. The number of benzene rings is 1. The fraction of sp³-hybridized carbons (Fsp3) is 0.333. The van der Waals surface area contributed by atoms with Gasteiger partial charge < -0.3 is 10.4 Å². The molecule has 0 saturated heterocycles. The van der Waals surface area contributed by atoms with E-state index in [0.717, 1.165) is 35.4 Å². The van der Waals surface area contributed by atoms with E-state index in [9.17, 15) is 9.59 Å². The molecule has 19 heavy (non-hydrogen) atoms. The monoisotopic (exact) mass is 259 g/mol. The molecule has 1 aromatic rings. The molecule has 1 aliphatic rings. The van der Waals surface area contributed by atoms with Gasteiger partial charge in [-0.3, -0.25) is 9.59 Å². The third-order valence-corrected chi connectivity index (χ3v) is 3.28. The summed E-state index contributed by atoms with van der Waals surface area (Å²) in [6.07, 6.45) is 2.36. The quantitative estimate of drug-likeness (QED) is 0.872. The highest BCUT2D eigenvalue weighted by molar-refractivity contribution is 5.96. The average molecular weight is 259 g/mol. The van der Waals surface area contributed by atoms with Crippen LogP contribution in [0.4, 0.5) is 5.69 Å². The smallest absolute Gasteiger partial charge is 0.307 e. The van der Waals surface area contributed by atoms with Crippen molar-refractivity contribution in [2.75, 3.05) is 5.32 Å². The highest BCUT2D eigenvalue weighted by Gasteiger charge is 2.16. The molecule has 1 aliphatic carbocycles. The third-order valence-electron chi connectivity index (χ3n) is 3.28. The molecule has 0 radical (unpaired) electrons. The Hall–Kier alpha value is -2.10. The summed E-state index contributed by atoms with van der Waals surface area (Å²) in [5.74, 6) is -0.657. The standard InChI is InChI=1S/C15H17NO3/c1-10-13(6-3-7-14(10)17)16-12-5-2-4-11(8-12)9-15(18)19/h2,4-5,8,16H,3,6-7,9H2,1H3,(H,18,19). The molecular formula is C15H17NO3.